The molecule has 5 heteroatoms. The van der Waals surface area contributed by atoms with E-state index in [0.29, 0.717) is 13.2 Å². The van der Waals surface area contributed by atoms with Crippen LogP contribution in [0.15, 0.2) is 158 Å². The molecule has 362 valence electrons. The van der Waals surface area contributed by atoms with E-state index in [0.717, 1.165) is 34.2 Å². The first-order valence-electron chi connectivity index (χ1n) is 26.0. The summed E-state index contributed by atoms with van der Waals surface area (Å²) < 4.78 is 13.3. The number of fused-ring (bicyclic) bond motifs is 6. The van der Waals surface area contributed by atoms with Gasteiger partial charge in [0.2, 0.25) is 0 Å². The minimum atomic E-state index is -0.0993. The fraction of sp³-hybridized carbons (Fsp3) is 0.284. The van der Waals surface area contributed by atoms with Gasteiger partial charge in [-0.05, 0) is 155 Å². The lowest BCUT2D eigenvalue weighted by atomic mass is 9.33. The summed E-state index contributed by atoms with van der Waals surface area (Å²) in [5.41, 5.74) is 24.0. The maximum absolute atomic E-state index is 6.82. The van der Waals surface area contributed by atoms with Gasteiger partial charge in [-0.15, -0.1) is 0 Å². The van der Waals surface area contributed by atoms with Gasteiger partial charge in [0.05, 0.1) is 11.4 Å². The molecule has 0 aliphatic carbocycles. The van der Waals surface area contributed by atoms with Crippen molar-refractivity contribution >= 4 is 57.2 Å². The summed E-state index contributed by atoms with van der Waals surface area (Å²) in [5.74, 6) is 1.58. The van der Waals surface area contributed by atoms with Crippen LogP contribution in [0, 0.1) is 6.92 Å². The van der Waals surface area contributed by atoms with Gasteiger partial charge in [-0.1, -0.05) is 186 Å². The van der Waals surface area contributed by atoms with Crippen LogP contribution in [0.25, 0.3) is 33.4 Å². The topological polar surface area (TPSA) is 24.9 Å². The van der Waals surface area contributed by atoms with Gasteiger partial charge in [0.25, 0.3) is 6.71 Å². The zero-order valence-electron chi connectivity index (χ0n) is 44.7. The van der Waals surface area contributed by atoms with Crippen molar-refractivity contribution in [2.24, 2.45) is 0 Å². The first-order valence-corrected chi connectivity index (χ1v) is 26.0. The average Bonchev–Trinajstić information content (AvgIpc) is 3.35. The summed E-state index contributed by atoms with van der Waals surface area (Å²) >= 11 is 0. The van der Waals surface area contributed by atoms with Gasteiger partial charge in [0.15, 0.2) is 11.5 Å². The monoisotopic (exact) mass is 945 g/mol. The van der Waals surface area contributed by atoms with Crippen molar-refractivity contribution in [3.05, 3.63) is 186 Å². The van der Waals surface area contributed by atoms with E-state index in [1.165, 1.54) is 89.0 Å². The van der Waals surface area contributed by atoms with Crippen LogP contribution in [0.5, 0.6) is 11.5 Å². The fourth-order valence-electron chi connectivity index (χ4n) is 11.2. The van der Waals surface area contributed by atoms with Gasteiger partial charge in [-0.3, -0.25) is 0 Å². The molecule has 0 atom stereocenters. The molecule has 0 aromatic heterocycles. The molecule has 0 N–H and O–H groups in total. The maximum Gasteiger partial charge on any atom is 0.252 e. The Balaban J connectivity index is 1.22. The first-order chi connectivity index (χ1) is 34.1. The van der Waals surface area contributed by atoms with E-state index < -0.39 is 0 Å². The van der Waals surface area contributed by atoms with Crippen molar-refractivity contribution < 1.29 is 9.47 Å². The van der Waals surface area contributed by atoms with Gasteiger partial charge < -0.3 is 19.3 Å². The first kappa shape index (κ1) is 47.4. The normalized spacial score (nSPS) is 14.2. The Hall–Kier alpha value is -6.98. The number of rotatable bonds is 5. The molecule has 4 nitrogen and oxygen atoms in total. The molecule has 3 heterocycles. The van der Waals surface area contributed by atoms with Gasteiger partial charge in [0, 0.05) is 28.3 Å². The van der Waals surface area contributed by atoms with Gasteiger partial charge >= 0.3 is 0 Å². The van der Waals surface area contributed by atoms with E-state index in [2.05, 4.69) is 258 Å². The Bertz CT molecular complexity index is 3320. The maximum atomic E-state index is 6.82. The van der Waals surface area contributed by atoms with Gasteiger partial charge in [0.1, 0.15) is 13.2 Å². The molecule has 3 aliphatic rings. The third kappa shape index (κ3) is 8.29. The molecule has 0 saturated heterocycles. The molecular formula is C67H69BN2O2. The second-order valence-corrected chi connectivity index (χ2v) is 24.6. The Labute approximate surface area is 429 Å². The van der Waals surface area contributed by atoms with Crippen molar-refractivity contribution in [3.8, 4) is 44.9 Å². The summed E-state index contributed by atoms with van der Waals surface area (Å²) in [4.78, 5) is 5.10. The molecule has 8 aromatic carbocycles. The molecular weight excluding hydrogens is 876 g/mol. The van der Waals surface area contributed by atoms with Crippen molar-refractivity contribution in [1.82, 2.24) is 0 Å². The molecule has 72 heavy (non-hydrogen) atoms. The number of nitrogens with zero attached hydrogens (tertiary/aromatic N) is 2. The van der Waals surface area contributed by atoms with Gasteiger partial charge in [-0.2, -0.15) is 0 Å². The number of aryl methyl sites for hydroxylation is 1. The van der Waals surface area contributed by atoms with E-state index in [1.54, 1.807) is 0 Å². The van der Waals surface area contributed by atoms with Crippen LogP contribution >= 0.6 is 0 Å². The van der Waals surface area contributed by atoms with Crippen molar-refractivity contribution in [2.75, 3.05) is 23.0 Å². The molecule has 0 bridgehead atoms. The third-order valence-corrected chi connectivity index (χ3v) is 15.3. The van der Waals surface area contributed by atoms with Crippen LogP contribution in [0.4, 0.5) is 34.1 Å². The molecule has 0 amide bonds. The second kappa shape index (κ2) is 17.1. The Morgan fingerprint density at radius 1 is 0.403 bits per heavy atom. The molecule has 11 rings (SSSR count). The number of ether oxygens (including phenoxy) is 2. The summed E-state index contributed by atoms with van der Waals surface area (Å²) in [5, 5.41) is 0. The van der Waals surface area contributed by atoms with Crippen molar-refractivity contribution in [3.63, 3.8) is 0 Å². The zero-order valence-corrected chi connectivity index (χ0v) is 44.7. The highest BCUT2D eigenvalue weighted by atomic mass is 16.6. The summed E-state index contributed by atoms with van der Waals surface area (Å²) in [6, 6.07) is 60.3. The minimum absolute atomic E-state index is 0.0476. The highest BCUT2D eigenvalue weighted by Gasteiger charge is 2.46. The molecule has 0 unspecified atom stereocenters. The molecule has 0 radical (unpaired) electrons. The Kier molecular flexibility index (Phi) is 11.2. The number of hydrogen-bond acceptors (Lipinski definition) is 4. The standard InChI is InChI=1S/C67H69BN2O2/c1-42-35-58-61-59(36-42)70(56-30-27-50(66(8,9)10)40-53(56)45-17-15-14-16-18-45)62-54(29-32-60-63(62)72-34-33-71-60)68(61)55-41-51(67(11,12)13)28-31-57(55)69(58)52-38-46(43-19-23-48(24-20-43)64(2,3)4)37-47(39-52)44-21-25-49(26-22-44)65(5,6)7/h14-32,35-41H,33-34H2,1-13H3. The van der Waals surface area contributed by atoms with Crippen LogP contribution in [0.2, 0.25) is 0 Å². The van der Waals surface area contributed by atoms with E-state index in [9.17, 15) is 0 Å². The smallest absolute Gasteiger partial charge is 0.252 e. The van der Waals surface area contributed by atoms with E-state index >= 15 is 0 Å². The van der Waals surface area contributed by atoms with Crippen LogP contribution < -0.4 is 35.7 Å². The average molecular weight is 945 g/mol. The Morgan fingerprint density at radius 3 is 1.49 bits per heavy atom. The van der Waals surface area contributed by atoms with Gasteiger partial charge in [-0.25, -0.2) is 0 Å². The minimum Gasteiger partial charge on any atom is -0.486 e. The lowest BCUT2D eigenvalue weighted by Gasteiger charge is -2.46. The van der Waals surface area contributed by atoms with E-state index in [4.69, 9.17) is 9.47 Å². The number of anilines is 6. The summed E-state index contributed by atoms with van der Waals surface area (Å²) in [6.45, 7) is 30.8. The second-order valence-electron chi connectivity index (χ2n) is 24.6. The van der Waals surface area contributed by atoms with Crippen molar-refractivity contribution in [2.45, 2.75) is 112 Å². The number of benzene rings is 8. The molecule has 0 saturated carbocycles. The zero-order chi connectivity index (χ0) is 50.6. The highest BCUT2D eigenvalue weighted by Crippen LogP contribution is 2.53. The SMILES string of the molecule is Cc1cc2c3c(c1)N(c1ccc(C(C)(C)C)cc1-c1ccccc1)c1c(ccc4c1OCCO4)B3c1cc(C(C)(C)C)ccc1N2c1cc(-c2ccc(C(C)(C)C)cc2)cc(-c2ccc(C(C)(C)C)cc2)c1. The quantitative estimate of drug-likeness (QED) is 0.161. The summed E-state index contributed by atoms with van der Waals surface area (Å²) in [6.07, 6.45) is 0. The summed E-state index contributed by atoms with van der Waals surface area (Å²) in [7, 11) is 0. The van der Waals surface area contributed by atoms with Crippen molar-refractivity contribution in [1.29, 1.82) is 0 Å². The lowest BCUT2D eigenvalue weighted by molar-refractivity contribution is 0.172. The lowest BCUT2D eigenvalue weighted by Crippen LogP contribution is -2.61. The van der Waals surface area contributed by atoms with Crippen LogP contribution in [0.1, 0.15) is 111 Å². The third-order valence-electron chi connectivity index (χ3n) is 15.3. The highest BCUT2D eigenvalue weighted by molar-refractivity contribution is 7.00. The number of hydrogen-bond donors (Lipinski definition) is 0. The predicted octanol–water partition coefficient (Wildman–Crippen LogP) is 16.0. The predicted molar refractivity (Wildman–Crippen MR) is 307 cm³/mol. The van der Waals surface area contributed by atoms with Crippen LogP contribution in [-0.4, -0.2) is 19.9 Å². The van der Waals surface area contributed by atoms with E-state index in [-0.39, 0.29) is 28.4 Å². The molecule has 3 aliphatic heterocycles. The van der Waals surface area contributed by atoms with Crippen LogP contribution in [-0.2, 0) is 21.7 Å². The molecule has 0 spiro atoms. The van der Waals surface area contributed by atoms with E-state index in [1.807, 2.05) is 0 Å². The molecule has 8 aromatic rings. The molecule has 0 fully saturated rings. The fourth-order valence-corrected chi connectivity index (χ4v) is 11.2. The Morgan fingerprint density at radius 2 is 0.917 bits per heavy atom. The largest absolute Gasteiger partial charge is 0.486 e. The van der Waals surface area contributed by atoms with Crippen LogP contribution in [0.3, 0.4) is 0 Å².